The molecule has 0 bridgehead atoms. The number of amides is 1. The zero-order valence-corrected chi connectivity index (χ0v) is 11.4. The first-order valence-corrected chi connectivity index (χ1v) is 6.17. The zero-order chi connectivity index (χ0) is 13.1. The van der Waals surface area contributed by atoms with Crippen LogP contribution in [0.15, 0.2) is 35.1 Å². The summed E-state index contributed by atoms with van der Waals surface area (Å²) in [6.45, 7) is 2.11. The third-order valence-corrected chi connectivity index (χ3v) is 2.74. The molecular weight excluding hydrogens is 296 g/mol. The fraction of sp³-hybridized carbons (Fsp3) is 0.167. The summed E-state index contributed by atoms with van der Waals surface area (Å²) < 4.78 is 2.43. The number of benzene rings is 1. The number of carbonyl (C=O) groups is 1. The van der Waals surface area contributed by atoms with Gasteiger partial charge in [-0.05, 0) is 30.7 Å². The lowest BCUT2D eigenvalue weighted by atomic mass is 10.2. The number of nitrogens with zero attached hydrogens (tertiary/aromatic N) is 2. The number of anilines is 2. The van der Waals surface area contributed by atoms with Gasteiger partial charge in [-0.25, -0.2) is 0 Å². The largest absolute Gasteiger partial charge is 0.396 e. The molecular formula is C12H13BrN4O. The Bertz CT molecular complexity index is 559. The highest BCUT2D eigenvalue weighted by Gasteiger charge is 2.05. The number of halogens is 1. The summed E-state index contributed by atoms with van der Waals surface area (Å²) in [7, 11) is 0. The van der Waals surface area contributed by atoms with Gasteiger partial charge >= 0.3 is 0 Å². The first-order chi connectivity index (χ1) is 8.52. The Labute approximate surface area is 113 Å². The van der Waals surface area contributed by atoms with Crippen LogP contribution in [-0.4, -0.2) is 15.7 Å². The highest BCUT2D eigenvalue weighted by molar-refractivity contribution is 9.10. The van der Waals surface area contributed by atoms with Gasteiger partial charge in [0, 0.05) is 16.4 Å². The topological polar surface area (TPSA) is 72.9 Å². The van der Waals surface area contributed by atoms with Crippen LogP contribution < -0.4 is 11.1 Å². The Kier molecular flexibility index (Phi) is 3.66. The number of carbonyl (C=O) groups excluding carboxylic acids is 1. The Balaban J connectivity index is 2.02. The van der Waals surface area contributed by atoms with Crippen molar-refractivity contribution in [3.05, 3.63) is 40.6 Å². The van der Waals surface area contributed by atoms with E-state index >= 15 is 0 Å². The van der Waals surface area contributed by atoms with Crippen molar-refractivity contribution in [1.29, 1.82) is 0 Å². The number of hydrogen-bond donors (Lipinski definition) is 2. The summed E-state index contributed by atoms with van der Waals surface area (Å²) in [5, 5.41) is 6.76. The van der Waals surface area contributed by atoms with Crippen LogP contribution in [0.2, 0.25) is 0 Å². The van der Waals surface area contributed by atoms with E-state index in [9.17, 15) is 4.79 Å². The zero-order valence-electron chi connectivity index (χ0n) is 9.85. The predicted octanol–water partition coefficient (Wildman–Crippen LogP) is 2.17. The van der Waals surface area contributed by atoms with E-state index in [0.29, 0.717) is 5.69 Å². The highest BCUT2D eigenvalue weighted by Crippen LogP contribution is 2.19. The summed E-state index contributed by atoms with van der Waals surface area (Å²) in [5.41, 5.74) is 7.90. The minimum absolute atomic E-state index is 0.142. The van der Waals surface area contributed by atoms with Crippen LogP contribution in [0.1, 0.15) is 5.56 Å². The lowest BCUT2D eigenvalue weighted by Gasteiger charge is -2.07. The Morgan fingerprint density at radius 1 is 1.50 bits per heavy atom. The molecule has 0 unspecified atom stereocenters. The van der Waals surface area contributed by atoms with Crippen molar-refractivity contribution in [2.45, 2.75) is 13.5 Å². The van der Waals surface area contributed by atoms with Crippen LogP contribution in [0.25, 0.3) is 0 Å². The second kappa shape index (κ2) is 5.22. The first-order valence-electron chi connectivity index (χ1n) is 5.38. The molecule has 3 N–H and O–H groups in total. The summed E-state index contributed by atoms with van der Waals surface area (Å²) in [6.07, 6.45) is 3.13. The second-order valence-electron chi connectivity index (χ2n) is 4.04. The van der Waals surface area contributed by atoms with Gasteiger partial charge < -0.3 is 11.1 Å². The summed E-state index contributed by atoms with van der Waals surface area (Å²) >= 11 is 3.39. The van der Waals surface area contributed by atoms with E-state index in [4.69, 9.17) is 5.73 Å². The standard InChI is InChI=1S/C12H13BrN4O/c1-8-2-9(13)4-11(3-8)16-12(18)7-17-6-10(14)5-15-17/h2-6H,7,14H2,1H3,(H,16,18). The van der Waals surface area contributed by atoms with E-state index in [0.717, 1.165) is 15.7 Å². The molecule has 0 aliphatic rings. The molecule has 0 fully saturated rings. The molecule has 0 radical (unpaired) electrons. The fourth-order valence-electron chi connectivity index (χ4n) is 1.62. The van der Waals surface area contributed by atoms with Crippen molar-refractivity contribution in [3.8, 4) is 0 Å². The molecule has 5 nitrogen and oxygen atoms in total. The maximum atomic E-state index is 11.8. The number of aromatic nitrogens is 2. The molecule has 94 valence electrons. The molecule has 0 spiro atoms. The third-order valence-electron chi connectivity index (χ3n) is 2.28. The number of nitrogens with one attached hydrogen (secondary N) is 1. The Morgan fingerprint density at radius 3 is 2.89 bits per heavy atom. The molecule has 0 saturated heterocycles. The molecule has 1 heterocycles. The number of hydrogen-bond acceptors (Lipinski definition) is 3. The normalized spacial score (nSPS) is 10.3. The van der Waals surface area contributed by atoms with E-state index in [1.165, 1.54) is 10.9 Å². The maximum Gasteiger partial charge on any atom is 0.246 e. The summed E-state index contributed by atoms with van der Waals surface area (Å²) in [4.78, 5) is 11.8. The van der Waals surface area contributed by atoms with Gasteiger partial charge in [0.15, 0.2) is 0 Å². The SMILES string of the molecule is Cc1cc(Br)cc(NC(=O)Cn2cc(N)cn2)c1. The van der Waals surface area contributed by atoms with Gasteiger partial charge in [0.2, 0.25) is 5.91 Å². The van der Waals surface area contributed by atoms with Crippen molar-refractivity contribution < 1.29 is 4.79 Å². The molecule has 0 saturated carbocycles. The van der Waals surface area contributed by atoms with Crippen molar-refractivity contribution in [3.63, 3.8) is 0 Å². The van der Waals surface area contributed by atoms with Gasteiger partial charge in [-0.1, -0.05) is 15.9 Å². The minimum Gasteiger partial charge on any atom is -0.396 e. The molecule has 1 aromatic carbocycles. The van der Waals surface area contributed by atoms with Crippen molar-refractivity contribution in [1.82, 2.24) is 9.78 Å². The summed E-state index contributed by atoms with van der Waals surface area (Å²) in [5.74, 6) is -0.143. The molecule has 2 rings (SSSR count). The lowest BCUT2D eigenvalue weighted by Crippen LogP contribution is -2.19. The van der Waals surface area contributed by atoms with Crippen LogP contribution in [0.5, 0.6) is 0 Å². The Morgan fingerprint density at radius 2 is 2.28 bits per heavy atom. The third kappa shape index (κ3) is 3.33. The molecule has 1 aromatic heterocycles. The molecule has 2 aromatic rings. The van der Waals surface area contributed by atoms with Crippen LogP contribution in [0, 0.1) is 6.92 Å². The smallest absolute Gasteiger partial charge is 0.246 e. The molecule has 0 aliphatic heterocycles. The van der Waals surface area contributed by atoms with Gasteiger partial charge in [-0.15, -0.1) is 0 Å². The quantitative estimate of drug-likeness (QED) is 0.912. The van der Waals surface area contributed by atoms with E-state index in [-0.39, 0.29) is 12.5 Å². The number of nitrogens with two attached hydrogens (primary N) is 1. The van der Waals surface area contributed by atoms with E-state index in [1.807, 2.05) is 25.1 Å². The maximum absolute atomic E-state index is 11.8. The summed E-state index contributed by atoms with van der Waals surface area (Å²) in [6, 6.07) is 5.73. The Hall–Kier alpha value is -1.82. The fourth-order valence-corrected chi connectivity index (χ4v) is 2.23. The number of nitrogen functional groups attached to an aromatic ring is 1. The molecule has 0 aliphatic carbocycles. The molecule has 1 amide bonds. The van der Waals surface area contributed by atoms with Crippen molar-refractivity contribution in [2.24, 2.45) is 0 Å². The van der Waals surface area contributed by atoms with Gasteiger partial charge in [0.1, 0.15) is 6.54 Å². The van der Waals surface area contributed by atoms with Crippen molar-refractivity contribution in [2.75, 3.05) is 11.1 Å². The molecule has 0 atom stereocenters. The highest BCUT2D eigenvalue weighted by atomic mass is 79.9. The van der Waals surface area contributed by atoms with E-state index in [2.05, 4.69) is 26.3 Å². The van der Waals surface area contributed by atoms with Crippen molar-refractivity contribution >= 4 is 33.2 Å². The lowest BCUT2D eigenvalue weighted by molar-refractivity contribution is -0.116. The second-order valence-corrected chi connectivity index (χ2v) is 4.95. The van der Waals surface area contributed by atoms with Gasteiger partial charge in [-0.3, -0.25) is 9.48 Å². The molecule has 6 heteroatoms. The van der Waals surface area contributed by atoms with Crippen LogP contribution in [0.3, 0.4) is 0 Å². The van der Waals surface area contributed by atoms with Crippen LogP contribution >= 0.6 is 15.9 Å². The average molecular weight is 309 g/mol. The predicted molar refractivity (Wildman–Crippen MR) is 74.1 cm³/mol. The van der Waals surface area contributed by atoms with Gasteiger partial charge in [0.05, 0.1) is 11.9 Å². The monoisotopic (exact) mass is 308 g/mol. The van der Waals surface area contributed by atoms with E-state index in [1.54, 1.807) is 6.20 Å². The number of rotatable bonds is 3. The van der Waals surface area contributed by atoms with Crippen LogP contribution in [0.4, 0.5) is 11.4 Å². The molecule has 18 heavy (non-hydrogen) atoms. The van der Waals surface area contributed by atoms with Gasteiger partial charge in [-0.2, -0.15) is 5.10 Å². The minimum atomic E-state index is -0.143. The van der Waals surface area contributed by atoms with Gasteiger partial charge in [0.25, 0.3) is 0 Å². The number of aryl methyl sites for hydroxylation is 1. The average Bonchev–Trinajstić information content (AvgIpc) is 2.61. The van der Waals surface area contributed by atoms with Crippen LogP contribution in [-0.2, 0) is 11.3 Å². The van der Waals surface area contributed by atoms with E-state index < -0.39 is 0 Å². The first kappa shape index (κ1) is 12.6.